The molecular formula is C23H23BrNO5-. The molecule has 0 bridgehead atoms. The Bertz CT molecular complexity index is 949. The number of aliphatic carboxylic acids is 1. The molecular weight excluding hydrogens is 450 g/mol. The van der Waals surface area contributed by atoms with Crippen LogP contribution >= 0.6 is 15.9 Å². The second-order valence-corrected chi connectivity index (χ2v) is 8.78. The molecule has 0 aromatic heterocycles. The predicted molar refractivity (Wildman–Crippen MR) is 112 cm³/mol. The predicted octanol–water partition coefficient (Wildman–Crippen LogP) is 3.01. The van der Waals surface area contributed by atoms with Gasteiger partial charge in [0.05, 0.1) is 7.11 Å². The fourth-order valence-corrected chi connectivity index (χ4v) is 5.31. The van der Waals surface area contributed by atoms with Gasteiger partial charge in [0.15, 0.2) is 11.6 Å². The third kappa shape index (κ3) is 3.60. The molecule has 0 radical (unpaired) electrons. The van der Waals surface area contributed by atoms with Crippen molar-refractivity contribution in [1.29, 1.82) is 0 Å². The van der Waals surface area contributed by atoms with E-state index in [4.69, 9.17) is 4.74 Å². The van der Waals surface area contributed by atoms with E-state index < -0.39 is 11.9 Å². The van der Waals surface area contributed by atoms with Crippen LogP contribution in [-0.4, -0.2) is 36.1 Å². The van der Waals surface area contributed by atoms with Crippen molar-refractivity contribution in [2.75, 3.05) is 13.7 Å². The lowest BCUT2D eigenvalue weighted by molar-refractivity contribution is -0.305. The smallest absolute Gasteiger partial charge is 0.161 e. The largest absolute Gasteiger partial charge is 0.550 e. The van der Waals surface area contributed by atoms with Gasteiger partial charge in [0.2, 0.25) is 0 Å². The molecule has 6 nitrogen and oxygen atoms in total. The number of methoxy groups -OCH3 is 1. The number of benzene rings is 1. The van der Waals surface area contributed by atoms with Gasteiger partial charge in [-0.3, -0.25) is 9.59 Å². The maximum absolute atomic E-state index is 13.2. The molecule has 1 aromatic rings. The first-order valence-electron chi connectivity index (χ1n) is 10.3. The third-order valence-electron chi connectivity index (χ3n) is 6.13. The van der Waals surface area contributed by atoms with Crippen LogP contribution in [0.1, 0.15) is 56.4 Å². The van der Waals surface area contributed by atoms with Crippen LogP contribution in [-0.2, 0) is 14.4 Å². The van der Waals surface area contributed by atoms with Crippen molar-refractivity contribution in [1.82, 2.24) is 4.90 Å². The van der Waals surface area contributed by atoms with Gasteiger partial charge in [-0.1, -0.05) is 15.9 Å². The van der Waals surface area contributed by atoms with E-state index in [-0.39, 0.29) is 24.5 Å². The Hall–Kier alpha value is -2.41. The van der Waals surface area contributed by atoms with Gasteiger partial charge in [-0.25, -0.2) is 0 Å². The number of Topliss-reactive ketones (excluding diaryl/α,β-unsaturated/α-hetero) is 2. The molecule has 1 aliphatic heterocycles. The molecule has 0 amide bonds. The lowest BCUT2D eigenvalue weighted by Crippen LogP contribution is -2.40. The zero-order valence-corrected chi connectivity index (χ0v) is 18.4. The second-order valence-electron chi connectivity index (χ2n) is 7.87. The molecule has 0 atom stereocenters. The Labute approximate surface area is 183 Å². The highest BCUT2D eigenvalue weighted by molar-refractivity contribution is 9.10. The molecule has 158 valence electrons. The summed E-state index contributed by atoms with van der Waals surface area (Å²) in [6.45, 7) is 0.211. The van der Waals surface area contributed by atoms with Crippen molar-refractivity contribution in [2.24, 2.45) is 0 Å². The van der Waals surface area contributed by atoms with E-state index in [1.54, 1.807) is 7.11 Å². The number of hydrogen-bond acceptors (Lipinski definition) is 6. The molecule has 0 spiro atoms. The Morgan fingerprint density at radius 1 is 1.10 bits per heavy atom. The van der Waals surface area contributed by atoms with Crippen LogP contribution in [0.2, 0.25) is 0 Å². The first-order chi connectivity index (χ1) is 14.4. The van der Waals surface area contributed by atoms with Crippen molar-refractivity contribution in [3.63, 3.8) is 0 Å². The van der Waals surface area contributed by atoms with Crippen LogP contribution in [0.4, 0.5) is 0 Å². The number of allylic oxidation sites excluding steroid dienone is 4. The van der Waals surface area contributed by atoms with Gasteiger partial charge in [-0.2, -0.15) is 0 Å². The Balaban J connectivity index is 1.96. The Morgan fingerprint density at radius 2 is 1.70 bits per heavy atom. The number of nitrogens with zero attached hydrogens (tertiary/aromatic N) is 1. The normalized spacial score (nSPS) is 19.7. The molecule has 1 aromatic carbocycles. The summed E-state index contributed by atoms with van der Waals surface area (Å²) in [4.78, 5) is 39.4. The monoisotopic (exact) mass is 472 g/mol. The van der Waals surface area contributed by atoms with Gasteiger partial charge in [0.1, 0.15) is 5.75 Å². The molecule has 30 heavy (non-hydrogen) atoms. The molecule has 2 aliphatic carbocycles. The van der Waals surface area contributed by atoms with Gasteiger partial charge in [-0.05, 0) is 43.9 Å². The quantitative estimate of drug-likeness (QED) is 0.654. The SMILES string of the molecule is COc1ccc(Br)cc1C1C2=C(CCCC2=O)N(CCC(=O)[O-])C2=C1C(=O)CCC2. The number of carboxylic acids is 1. The number of ether oxygens (including phenoxy) is 1. The minimum absolute atomic E-state index is 0.0200. The van der Waals surface area contributed by atoms with Gasteiger partial charge >= 0.3 is 0 Å². The van der Waals surface area contributed by atoms with Crippen molar-refractivity contribution < 1.29 is 24.2 Å². The third-order valence-corrected chi connectivity index (χ3v) is 6.62. The van der Waals surface area contributed by atoms with Crippen LogP contribution in [0.15, 0.2) is 45.2 Å². The molecule has 0 unspecified atom stereocenters. The van der Waals surface area contributed by atoms with Crippen molar-refractivity contribution in [3.05, 3.63) is 50.8 Å². The van der Waals surface area contributed by atoms with Crippen LogP contribution in [0, 0.1) is 0 Å². The Kier molecular flexibility index (Phi) is 5.82. The highest BCUT2D eigenvalue weighted by atomic mass is 79.9. The summed E-state index contributed by atoms with van der Waals surface area (Å²) in [6.07, 6.45) is 3.52. The van der Waals surface area contributed by atoms with E-state index in [9.17, 15) is 19.5 Å². The van der Waals surface area contributed by atoms with E-state index in [0.717, 1.165) is 34.3 Å². The molecule has 0 saturated heterocycles. The van der Waals surface area contributed by atoms with E-state index in [1.165, 1.54) is 0 Å². The van der Waals surface area contributed by atoms with E-state index >= 15 is 0 Å². The fraction of sp³-hybridized carbons (Fsp3) is 0.435. The first-order valence-corrected chi connectivity index (χ1v) is 11.0. The summed E-state index contributed by atoms with van der Waals surface area (Å²) >= 11 is 3.51. The Morgan fingerprint density at radius 3 is 2.23 bits per heavy atom. The molecule has 4 rings (SSSR count). The van der Waals surface area contributed by atoms with Gasteiger partial charge in [0, 0.05) is 70.3 Å². The molecule has 0 saturated carbocycles. The van der Waals surface area contributed by atoms with Crippen molar-refractivity contribution >= 4 is 33.5 Å². The van der Waals surface area contributed by atoms with E-state index in [1.807, 2.05) is 23.1 Å². The molecule has 3 aliphatic rings. The average molecular weight is 473 g/mol. The maximum Gasteiger partial charge on any atom is 0.161 e. The highest BCUT2D eigenvalue weighted by Crippen LogP contribution is 2.51. The lowest BCUT2D eigenvalue weighted by atomic mass is 9.70. The number of carbonyl (C=O) groups excluding carboxylic acids is 3. The van der Waals surface area contributed by atoms with Crippen LogP contribution in [0.5, 0.6) is 5.75 Å². The average Bonchev–Trinajstić information content (AvgIpc) is 2.71. The summed E-state index contributed by atoms with van der Waals surface area (Å²) < 4.78 is 6.44. The minimum Gasteiger partial charge on any atom is -0.550 e. The van der Waals surface area contributed by atoms with Gasteiger partial charge in [-0.15, -0.1) is 0 Å². The number of rotatable bonds is 5. The van der Waals surface area contributed by atoms with Crippen LogP contribution < -0.4 is 9.84 Å². The zero-order valence-electron chi connectivity index (χ0n) is 16.8. The van der Waals surface area contributed by atoms with E-state index in [0.29, 0.717) is 42.6 Å². The zero-order chi connectivity index (χ0) is 21.4. The summed E-state index contributed by atoms with van der Waals surface area (Å²) in [5.74, 6) is -0.957. The molecule has 7 heteroatoms. The van der Waals surface area contributed by atoms with Crippen molar-refractivity contribution in [3.8, 4) is 5.75 Å². The molecule has 0 fully saturated rings. The summed E-state index contributed by atoms with van der Waals surface area (Å²) in [5.41, 5.74) is 3.73. The van der Waals surface area contributed by atoms with Gasteiger partial charge < -0.3 is 19.5 Å². The minimum atomic E-state index is -1.14. The maximum atomic E-state index is 13.2. The fourth-order valence-electron chi connectivity index (χ4n) is 4.93. The van der Waals surface area contributed by atoms with Crippen molar-refractivity contribution in [2.45, 2.75) is 50.9 Å². The number of carboxylic acid groups (broad SMARTS) is 1. The topological polar surface area (TPSA) is 86.7 Å². The highest BCUT2D eigenvalue weighted by Gasteiger charge is 2.44. The first kappa shape index (κ1) is 20.8. The standard InChI is InChI=1S/C23H24BrNO5/c1-30-19-9-8-13(24)12-14(19)21-22-15(4-2-6-17(22)26)25(11-10-20(28)29)16-5-3-7-18(27)23(16)21/h8-9,12,21H,2-7,10-11H2,1H3,(H,28,29)/p-1. The van der Waals surface area contributed by atoms with E-state index in [2.05, 4.69) is 15.9 Å². The van der Waals surface area contributed by atoms with Crippen LogP contribution in [0.3, 0.4) is 0 Å². The van der Waals surface area contributed by atoms with Gasteiger partial charge in [0.25, 0.3) is 0 Å². The lowest BCUT2D eigenvalue weighted by Gasteiger charge is -2.44. The summed E-state index contributed by atoms with van der Waals surface area (Å²) in [7, 11) is 1.58. The number of hydrogen-bond donors (Lipinski definition) is 0. The number of ketones is 2. The number of halogens is 1. The summed E-state index contributed by atoms with van der Waals surface area (Å²) in [6, 6.07) is 5.62. The number of carbonyl (C=O) groups is 3. The summed E-state index contributed by atoms with van der Waals surface area (Å²) in [5, 5.41) is 11.2. The second kappa shape index (κ2) is 8.38. The molecule has 0 N–H and O–H groups in total. The van der Waals surface area contributed by atoms with Crippen LogP contribution in [0.25, 0.3) is 0 Å². The molecule has 1 heterocycles.